The summed E-state index contributed by atoms with van der Waals surface area (Å²) in [6, 6.07) is -0.216. The number of carbonyl (C=O) groups excluding carboxylic acids is 1. The number of hydrogen-bond donors (Lipinski definition) is 2. The normalized spacial score (nSPS) is 31.5. The molecule has 2 rings (SSSR count). The second-order valence-electron chi connectivity index (χ2n) is 3.23. The van der Waals surface area contributed by atoms with Crippen LogP contribution in [0.2, 0.25) is 0 Å². The zero-order valence-electron chi connectivity index (χ0n) is 7.25. The highest BCUT2D eigenvalue weighted by molar-refractivity contribution is 5.80. The van der Waals surface area contributed by atoms with E-state index < -0.39 is 0 Å². The maximum absolute atomic E-state index is 10.8. The van der Waals surface area contributed by atoms with Crippen LogP contribution >= 0.6 is 0 Å². The first kappa shape index (κ1) is 8.16. The Morgan fingerprint density at radius 2 is 2.54 bits per heavy atom. The largest absolute Gasteiger partial charge is 0.468 e. The maximum Gasteiger partial charge on any atom is 0.239 e. The number of amides is 1. The molecule has 70 valence electrons. The molecule has 0 aromatic rings. The topological polar surface area (TPSA) is 64.4 Å². The first-order valence-electron chi connectivity index (χ1n) is 4.37. The Kier molecular flexibility index (Phi) is 1.96. The highest BCUT2D eigenvalue weighted by Crippen LogP contribution is 2.24. The molecule has 0 saturated carbocycles. The lowest BCUT2D eigenvalue weighted by molar-refractivity contribution is -0.119. The van der Waals surface area contributed by atoms with Gasteiger partial charge in [-0.15, -0.1) is 0 Å². The van der Waals surface area contributed by atoms with Gasteiger partial charge in [0.1, 0.15) is 11.8 Å². The van der Waals surface area contributed by atoms with Gasteiger partial charge < -0.3 is 15.8 Å². The van der Waals surface area contributed by atoms with Gasteiger partial charge in [0.15, 0.2) is 0 Å². The molecule has 13 heavy (non-hydrogen) atoms. The molecular weight excluding hydrogens is 168 g/mol. The molecule has 3 N–H and O–H groups in total. The van der Waals surface area contributed by atoms with Crippen LogP contribution in [-0.2, 0) is 9.53 Å². The van der Waals surface area contributed by atoms with Crippen LogP contribution < -0.4 is 11.1 Å². The van der Waals surface area contributed by atoms with E-state index in [1.807, 2.05) is 6.08 Å². The Labute approximate surface area is 76.4 Å². The summed E-state index contributed by atoms with van der Waals surface area (Å²) >= 11 is 0. The lowest BCUT2D eigenvalue weighted by Gasteiger charge is -2.07. The molecule has 1 saturated heterocycles. The number of carbonyl (C=O) groups is 1. The minimum atomic E-state index is -0.290. The fourth-order valence-electron chi connectivity index (χ4n) is 1.60. The number of allylic oxidation sites excluding steroid dienone is 2. The van der Waals surface area contributed by atoms with Crippen molar-refractivity contribution in [2.45, 2.75) is 25.3 Å². The number of nitrogens with one attached hydrogen (secondary N) is 1. The van der Waals surface area contributed by atoms with Gasteiger partial charge >= 0.3 is 0 Å². The molecule has 0 aromatic carbocycles. The second-order valence-corrected chi connectivity index (χ2v) is 3.23. The van der Waals surface area contributed by atoms with Crippen molar-refractivity contribution < 1.29 is 9.53 Å². The van der Waals surface area contributed by atoms with Gasteiger partial charge in [-0.05, 0) is 18.9 Å². The van der Waals surface area contributed by atoms with Gasteiger partial charge in [-0.2, -0.15) is 0 Å². The molecular formula is C9H12N2O2. The number of rotatable bonds is 1. The Morgan fingerprint density at radius 3 is 3.08 bits per heavy atom. The molecule has 0 radical (unpaired) electrons. The first-order chi connectivity index (χ1) is 6.27. The number of hydrogen-bond acceptors (Lipinski definition) is 3. The van der Waals surface area contributed by atoms with Gasteiger partial charge in [-0.25, -0.2) is 0 Å². The monoisotopic (exact) mass is 180 g/mol. The van der Waals surface area contributed by atoms with E-state index in [-0.39, 0.29) is 11.9 Å². The molecule has 0 bridgehead atoms. The summed E-state index contributed by atoms with van der Waals surface area (Å²) in [5.41, 5.74) is 6.20. The number of nitrogens with two attached hydrogens (primary N) is 1. The molecule has 0 spiro atoms. The lowest BCUT2D eigenvalue weighted by atomic mass is 10.2. The van der Waals surface area contributed by atoms with Crippen molar-refractivity contribution in [1.82, 2.24) is 5.32 Å². The lowest BCUT2D eigenvalue weighted by Crippen LogP contribution is -2.35. The second kappa shape index (κ2) is 3.12. The third-order valence-corrected chi connectivity index (χ3v) is 2.32. The van der Waals surface area contributed by atoms with E-state index >= 15 is 0 Å². The van der Waals surface area contributed by atoms with Crippen LogP contribution in [0.3, 0.4) is 0 Å². The zero-order valence-corrected chi connectivity index (χ0v) is 7.25. The Hall–Kier alpha value is -1.45. The number of primary amides is 1. The molecule has 0 aromatic heterocycles. The first-order valence-corrected chi connectivity index (χ1v) is 4.37. The summed E-state index contributed by atoms with van der Waals surface area (Å²) in [7, 11) is 0. The minimum absolute atomic E-state index is 0.216. The molecule has 1 unspecified atom stereocenters. The Balaban J connectivity index is 2.05. The predicted octanol–water partition coefficient (Wildman–Crippen LogP) is 0.369. The summed E-state index contributed by atoms with van der Waals surface area (Å²) < 4.78 is 5.25. The Morgan fingerprint density at radius 1 is 1.69 bits per heavy atom. The van der Waals surface area contributed by atoms with Crippen LogP contribution in [0.5, 0.6) is 0 Å². The van der Waals surface area contributed by atoms with E-state index in [2.05, 4.69) is 5.32 Å². The minimum Gasteiger partial charge on any atom is -0.468 e. The Bertz CT molecular complexity index is 284. The van der Waals surface area contributed by atoms with Crippen LogP contribution in [0.25, 0.3) is 0 Å². The van der Waals surface area contributed by atoms with Gasteiger partial charge in [0.2, 0.25) is 5.91 Å². The quantitative estimate of drug-likeness (QED) is 0.612. The summed E-state index contributed by atoms with van der Waals surface area (Å²) in [6.45, 7) is 0. The van der Waals surface area contributed by atoms with Crippen LogP contribution in [0.1, 0.15) is 19.3 Å². The fraction of sp³-hybridized carbons (Fsp3) is 0.444. The van der Waals surface area contributed by atoms with Gasteiger partial charge in [0.05, 0.1) is 12.0 Å². The van der Waals surface area contributed by atoms with Crippen LogP contribution in [0.4, 0.5) is 0 Å². The van der Waals surface area contributed by atoms with E-state index in [4.69, 9.17) is 10.5 Å². The fourth-order valence-corrected chi connectivity index (χ4v) is 1.60. The molecule has 2 heterocycles. The summed E-state index contributed by atoms with van der Waals surface area (Å²) in [5.74, 6) is 0.630. The van der Waals surface area contributed by atoms with E-state index in [9.17, 15) is 4.79 Å². The van der Waals surface area contributed by atoms with Gasteiger partial charge in [0, 0.05) is 6.42 Å². The molecule has 0 aliphatic carbocycles. The summed E-state index contributed by atoms with van der Waals surface area (Å²) in [6.07, 6.45) is 6.05. The highest BCUT2D eigenvalue weighted by atomic mass is 16.5. The van der Waals surface area contributed by atoms with Crippen molar-refractivity contribution in [2.75, 3.05) is 0 Å². The summed E-state index contributed by atoms with van der Waals surface area (Å²) in [4.78, 5) is 10.8. The van der Waals surface area contributed by atoms with Gasteiger partial charge in [-0.3, -0.25) is 4.79 Å². The summed E-state index contributed by atoms with van der Waals surface area (Å²) in [5, 5.41) is 3.07. The molecule has 2 aliphatic heterocycles. The average molecular weight is 180 g/mol. The van der Waals surface area contributed by atoms with Crippen molar-refractivity contribution in [2.24, 2.45) is 5.73 Å². The molecule has 1 fully saturated rings. The van der Waals surface area contributed by atoms with E-state index in [0.29, 0.717) is 0 Å². The predicted molar refractivity (Wildman–Crippen MR) is 47.2 cm³/mol. The van der Waals surface area contributed by atoms with E-state index in [1.165, 1.54) is 0 Å². The molecule has 1 atom stereocenters. The smallest absolute Gasteiger partial charge is 0.239 e. The van der Waals surface area contributed by atoms with Crippen LogP contribution in [0, 0.1) is 0 Å². The van der Waals surface area contributed by atoms with Crippen molar-refractivity contribution in [1.29, 1.82) is 0 Å². The van der Waals surface area contributed by atoms with Crippen LogP contribution in [0.15, 0.2) is 23.8 Å². The van der Waals surface area contributed by atoms with Crippen LogP contribution in [-0.4, -0.2) is 11.9 Å². The van der Waals surface area contributed by atoms with Crippen molar-refractivity contribution in [3.63, 3.8) is 0 Å². The number of ether oxygens (including phenoxy) is 1. The van der Waals surface area contributed by atoms with Crippen molar-refractivity contribution in [3.8, 4) is 0 Å². The average Bonchev–Trinajstić information content (AvgIpc) is 2.75. The molecule has 2 aliphatic rings. The molecule has 4 nitrogen and oxygen atoms in total. The van der Waals surface area contributed by atoms with Crippen molar-refractivity contribution >= 4 is 5.91 Å². The van der Waals surface area contributed by atoms with Crippen molar-refractivity contribution in [3.05, 3.63) is 23.8 Å². The van der Waals surface area contributed by atoms with Gasteiger partial charge in [-0.1, -0.05) is 0 Å². The maximum atomic E-state index is 10.8. The van der Waals surface area contributed by atoms with E-state index in [1.54, 1.807) is 6.26 Å². The third-order valence-electron chi connectivity index (χ3n) is 2.32. The van der Waals surface area contributed by atoms with Gasteiger partial charge in [0.25, 0.3) is 0 Å². The molecule has 1 amide bonds. The van der Waals surface area contributed by atoms with E-state index in [0.717, 1.165) is 30.7 Å². The SMILES string of the molecule is NC(=O)C1CCC(=C2CC=CO2)N1. The standard InChI is InChI=1S/C9H12N2O2/c10-9(12)7-4-3-6(11-7)8-2-1-5-13-8/h1,5,7,11H,2-4H2,(H2,10,12). The zero-order chi connectivity index (χ0) is 9.26. The highest BCUT2D eigenvalue weighted by Gasteiger charge is 2.25. The molecule has 4 heteroatoms. The third kappa shape index (κ3) is 1.52.